The predicted octanol–water partition coefficient (Wildman–Crippen LogP) is 2.84. The molecule has 0 aliphatic carbocycles. The molecule has 0 saturated carbocycles. The number of benzene rings is 3. The highest BCUT2D eigenvalue weighted by molar-refractivity contribution is 7.92. The molecule has 3 rings (SSSR count). The van der Waals surface area contributed by atoms with E-state index in [0.29, 0.717) is 0 Å². The number of rotatable bonds is 5. The summed E-state index contributed by atoms with van der Waals surface area (Å²) in [4.78, 5) is 24.0. The van der Waals surface area contributed by atoms with Crippen molar-refractivity contribution in [3.05, 3.63) is 95.6 Å². The second kappa shape index (κ2) is 8.70. The highest BCUT2D eigenvalue weighted by Crippen LogP contribution is 2.19. The second-order valence-corrected chi connectivity index (χ2v) is 7.71. The number of amides is 2. The average molecular weight is 431 g/mol. The van der Waals surface area contributed by atoms with Crippen LogP contribution in [-0.2, 0) is 10.0 Å². The van der Waals surface area contributed by atoms with E-state index in [0.717, 1.165) is 24.3 Å². The summed E-state index contributed by atoms with van der Waals surface area (Å²) < 4.78 is 53.7. The lowest BCUT2D eigenvalue weighted by atomic mass is 10.2. The Balaban J connectivity index is 1.71. The van der Waals surface area contributed by atoms with Crippen molar-refractivity contribution in [3.63, 3.8) is 0 Å². The van der Waals surface area contributed by atoms with Gasteiger partial charge >= 0.3 is 0 Å². The molecule has 0 aliphatic rings. The maximum Gasteiger partial charge on any atom is 0.269 e. The Morgan fingerprint density at radius 1 is 0.733 bits per heavy atom. The number of halogens is 2. The number of hydrogen-bond acceptors (Lipinski definition) is 4. The highest BCUT2D eigenvalue weighted by Gasteiger charge is 2.18. The van der Waals surface area contributed by atoms with Crippen LogP contribution in [0.4, 0.5) is 14.5 Å². The highest BCUT2D eigenvalue weighted by atomic mass is 32.2. The predicted molar refractivity (Wildman–Crippen MR) is 105 cm³/mol. The summed E-state index contributed by atoms with van der Waals surface area (Å²) in [5.41, 5.74) is 4.10. The van der Waals surface area contributed by atoms with Crippen LogP contribution >= 0.6 is 0 Å². The maximum atomic E-state index is 13.7. The van der Waals surface area contributed by atoms with E-state index in [1.54, 1.807) is 0 Å². The minimum absolute atomic E-state index is 0.0641. The molecule has 0 aromatic heterocycles. The van der Waals surface area contributed by atoms with Crippen LogP contribution in [0.3, 0.4) is 0 Å². The zero-order valence-electron chi connectivity index (χ0n) is 15.2. The van der Waals surface area contributed by atoms with Crippen molar-refractivity contribution >= 4 is 27.5 Å². The summed E-state index contributed by atoms with van der Waals surface area (Å²) in [6.45, 7) is 0. The van der Waals surface area contributed by atoms with Crippen LogP contribution in [0, 0.1) is 11.6 Å². The fraction of sp³-hybridized carbons (Fsp3) is 0. The van der Waals surface area contributed by atoms with Gasteiger partial charge in [0.15, 0.2) is 0 Å². The van der Waals surface area contributed by atoms with Crippen LogP contribution in [0.25, 0.3) is 0 Å². The third-order valence-corrected chi connectivity index (χ3v) is 5.28. The molecule has 0 radical (unpaired) electrons. The number of hydrazine groups is 1. The third kappa shape index (κ3) is 4.97. The molecule has 0 bridgehead atoms. The SMILES string of the molecule is O=C(NNC(=O)c1cccc(S(=O)(=O)Nc2ccccc2F)c1)c1ccc(F)cc1. The fourth-order valence-electron chi connectivity index (χ4n) is 2.41. The molecule has 3 N–H and O–H groups in total. The van der Waals surface area contributed by atoms with E-state index in [9.17, 15) is 26.8 Å². The lowest BCUT2D eigenvalue weighted by molar-refractivity contribution is 0.0846. The molecule has 0 aliphatic heterocycles. The molecule has 2 amide bonds. The van der Waals surface area contributed by atoms with Gasteiger partial charge in [-0.05, 0) is 54.6 Å². The van der Waals surface area contributed by atoms with Crippen LogP contribution in [0.2, 0.25) is 0 Å². The van der Waals surface area contributed by atoms with Crippen molar-refractivity contribution < 1.29 is 26.8 Å². The quantitative estimate of drug-likeness (QED) is 0.541. The maximum absolute atomic E-state index is 13.7. The minimum atomic E-state index is -4.16. The Morgan fingerprint density at radius 3 is 2.03 bits per heavy atom. The summed E-state index contributed by atoms with van der Waals surface area (Å²) in [5.74, 6) is -2.74. The van der Waals surface area contributed by atoms with Gasteiger partial charge in [-0.3, -0.25) is 25.2 Å². The molecule has 10 heteroatoms. The van der Waals surface area contributed by atoms with Gasteiger partial charge in [0.2, 0.25) is 0 Å². The van der Waals surface area contributed by atoms with Crippen molar-refractivity contribution in [2.75, 3.05) is 4.72 Å². The van der Waals surface area contributed by atoms with E-state index in [-0.39, 0.29) is 21.7 Å². The standard InChI is InChI=1S/C20H15F2N3O4S/c21-15-10-8-13(9-11-15)19(26)23-24-20(27)14-4-3-5-16(12-14)30(28,29)25-18-7-2-1-6-17(18)22/h1-12,25H,(H,23,26)(H,24,27). The van der Waals surface area contributed by atoms with Crippen molar-refractivity contribution in [1.29, 1.82) is 0 Å². The summed E-state index contributed by atoms with van der Waals surface area (Å²) in [6.07, 6.45) is 0. The molecular weight excluding hydrogens is 416 g/mol. The Hall–Kier alpha value is -3.79. The van der Waals surface area contributed by atoms with Gasteiger partial charge in [-0.25, -0.2) is 17.2 Å². The first-order chi connectivity index (χ1) is 14.3. The average Bonchev–Trinajstić information content (AvgIpc) is 2.74. The number of hydrogen-bond donors (Lipinski definition) is 3. The van der Waals surface area contributed by atoms with Gasteiger partial charge in [0, 0.05) is 11.1 Å². The van der Waals surface area contributed by atoms with Gasteiger partial charge in [-0.2, -0.15) is 0 Å². The molecule has 0 saturated heterocycles. The van der Waals surface area contributed by atoms with Crippen molar-refractivity contribution in [2.45, 2.75) is 4.90 Å². The Labute approximate surface area is 170 Å². The van der Waals surface area contributed by atoms with E-state index in [1.807, 2.05) is 0 Å². The molecule has 7 nitrogen and oxygen atoms in total. The minimum Gasteiger partial charge on any atom is -0.277 e. The molecule has 0 atom stereocenters. The van der Waals surface area contributed by atoms with Crippen molar-refractivity contribution in [2.24, 2.45) is 0 Å². The molecule has 30 heavy (non-hydrogen) atoms. The van der Waals surface area contributed by atoms with Crippen LogP contribution in [0.1, 0.15) is 20.7 Å². The molecule has 0 heterocycles. The van der Waals surface area contributed by atoms with E-state index in [2.05, 4.69) is 15.6 Å². The first-order valence-corrected chi connectivity index (χ1v) is 9.98. The van der Waals surface area contributed by atoms with E-state index < -0.39 is 33.5 Å². The van der Waals surface area contributed by atoms with Gasteiger partial charge in [0.05, 0.1) is 10.6 Å². The number of carbonyl (C=O) groups is 2. The van der Waals surface area contributed by atoms with Crippen LogP contribution in [0.15, 0.2) is 77.7 Å². The van der Waals surface area contributed by atoms with Gasteiger partial charge in [0.1, 0.15) is 11.6 Å². The lowest BCUT2D eigenvalue weighted by Gasteiger charge is -2.11. The molecule has 3 aromatic rings. The Kier molecular flexibility index (Phi) is 6.07. The summed E-state index contributed by atoms with van der Waals surface area (Å²) in [5, 5.41) is 0. The molecule has 3 aromatic carbocycles. The number of carbonyl (C=O) groups excluding carboxylic acids is 2. The second-order valence-electron chi connectivity index (χ2n) is 6.03. The van der Waals surface area contributed by atoms with E-state index in [4.69, 9.17) is 0 Å². The number of nitrogens with one attached hydrogen (secondary N) is 3. The smallest absolute Gasteiger partial charge is 0.269 e. The zero-order chi connectivity index (χ0) is 21.7. The molecular formula is C20H15F2N3O4S. The van der Waals surface area contributed by atoms with E-state index in [1.165, 1.54) is 48.5 Å². The molecule has 0 spiro atoms. The van der Waals surface area contributed by atoms with Crippen molar-refractivity contribution in [1.82, 2.24) is 10.9 Å². The third-order valence-electron chi connectivity index (χ3n) is 3.92. The van der Waals surface area contributed by atoms with Crippen LogP contribution in [-0.4, -0.2) is 20.2 Å². The monoisotopic (exact) mass is 431 g/mol. The molecule has 154 valence electrons. The lowest BCUT2D eigenvalue weighted by Crippen LogP contribution is -2.41. The van der Waals surface area contributed by atoms with Gasteiger partial charge in [-0.1, -0.05) is 18.2 Å². The number of sulfonamides is 1. The number of para-hydroxylation sites is 1. The Bertz CT molecular complexity index is 1200. The van der Waals surface area contributed by atoms with E-state index >= 15 is 0 Å². The normalized spacial score (nSPS) is 10.9. The summed E-state index contributed by atoms with van der Waals surface area (Å²) >= 11 is 0. The topological polar surface area (TPSA) is 104 Å². The van der Waals surface area contributed by atoms with Crippen molar-refractivity contribution in [3.8, 4) is 0 Å². The largest absolute Gasteiger partial charge is 0.277 e. The van der Waals surface area contributed by atoms with Gasteiger partial charge in [-0.15, -0.1) is 0 Å². The Morgan fingerprint density at radius 2 is 1.37 bits per heavy atom. The first kappa shape index (κ1) is 20.9. The van der Waals surface area contributed by atoms with Gasteiger partial charge in [0.25, 0.3) is 21.8 Å². The van der Waals surface area contributed by atoms with Crippen LogP contribution in [0.5, 0.6) is 0 Å². The molecule has 0 unspecified atom stereocenters. The summed E-state index contributed by atoms with van der Waals surface area (Å²) in [7, 11) is -4.16. The fourth-order valence-corrected chi connectivity index (χ4v) is 3.52. The first-order valence-electron chi connectivity index (χ1n) is 8.50. The zero-order valence-corrected chi connectivity index (χ0v) is 16.0. The molecule has 0 fully saturated rings. The van der Waals surface area contributed by atoms with Crippen LogP contribution < -0.4 is 15.6 Å². The van der Waals surface area contributed by atoms with Gasteiger partial charge < -0.3 is 0 Å². The number of anilines is 1. The summed E-state index contributed by atoms with van der Waals surface area (Å²) in [6, 6.07) is 14.9.